The average Bonchev–Trinajstić information content (AvgIpc) is 3.79. The number of allylic oxidation sites excluding steroid dienone is 1. The summed E-state index contributed by atoms with van der Waals surface area (Å²) in [5.74, 6) is -1.50. The zero-order valence-electron chi connectivity index (χ0n) is 30.8. The standard InChI is InChI=1S/C39H51N5O8S/c1-25(2)23-51-36(48)41-30-14-8-6-4-5-7-11-26-15-18-39(26,35(47)43-53(49,50)37(3)19-20-37)42-33(45)31-21-38(24-44(31)34(30)46)17-16-28-27-12-9-10-13-29(27)40-22-32(28)52-38/h7,9-13,22,25-26,30-31H,4-6,8,14-21,23-24H2,1-3H3,(H,41,48)(H,42,45)(H,43,47). The Morgan fingerprint density at radius 1 is 1.09 bits per heavy atom. The molecule has 0 bridgehead atoms. The highest BCUT2D eigenvalue weighted by Gasteiger charge is 2.59. The molecule has 3 N–H and O–H groups in total. The summed E-state index contributed by atoms with van der Waals surface area (Å²) in [7, 11) is -3.99. The summed E-state index contributed by atoms with van der Waals surface area (Å²) in [5, 5.41) is 6.77. The van der Waals surface area contributed by atoms with Crippen LogP contribution in [0.25, 0.3) is 10.9 Å². The van der Waals surface area contributed by atoms with Gasteiger partial charge in [0, 0.05) is 23.3 Å². The molecular weight excluding hydrogens is 699 g/mol. The van der Waals surface area contributed by atoms with Gasteiger partial charge in [0.2, 0.25) is 21.8 Å². The summed E-state index contributed by atoms with van der Waals surface area (Å²) in [6, 6.07) is 5.81. The van der Waals surface area contributed by atoms with E-state index in [9.17, 15) is 27.6 Å². The Balaban J connectivity index is 1.22. The number of carbonyl (C=O) groups excluding carboxylic acids is 4. The number of ether oxygens (including phenoxy) is 2. The second kappa shape index (κ2) is 14.2. The Kier molecular flexibility index (Phi) is 9.96. The molecule has 1 spiro atoms. The van der Waals surface area contributed by atoms with Crippen molar-refractivity contribution >= 4 is 44.7 Å². The van der Waals surface area contributed by atoms with Crippen LogP contribution in [0.2, 0.25) is 0 Å². The molecule has 53 heavy (non-hydrogen) atoms. The number of aromatic nitrogens is 1. The van der Waals surface area contributed by atoms with Crippen LogP contribution in [0.5, 0.6) is 5.75 Å². The minimum atomic E-state index is -3.99. The number of fused-ring (bicyclic) bond motifs is 5. The van der Waals surface area contributed by atoms with Crippen LogP contribution in [0.3, 0.4) is 0 Å². The smallest absolute Gasteiger partial charge is 0.407 e. The summed E-state index contributed by atoms with van der Waals surface area (Å²) in [4.78, 5) is 62.4. The number of hydrogen-bond acceptors (Lipinski definition) is 9. The molecule has 1 saturated heterocycles. The number of nitrogens with zero attached hydrogens (tertiary/aromatic N) is 2. The van der Waals surface area contributed by atoms with Gasteiger partial charge in [-0.2, -0.15) is 0 Å². The Hall–Kier alpha value is -4.20. The van der Waals surface area contributed by atoms with Crippen molar-refractivity contribution in [3.8, 4) is 5.75 Å². The van der Waals surface area contributed by atoms with Crippen molar-refractivity contribution in [1.82, 2.24) is 25.2 Å². The monoisotopic (exact) mass is 749 g/mol. The van der Waals surface area contributed by atoms with Crippen molar-refractivity contribution in [1.29, 1.82) is 0 Å². The highest BCUT2D eigenvalue weighted by molar-refractivity contribution is 7.91. The van der Waals surface area contributed by atoms with Gasteiger partial charge in [0.15, 0.2) is 0 Å². The first-order valence-electron chi connectivity index (χ1n) is 19.1. The molecule has 3 aliphatic heterocycles. The Morgan fingerprint density at radius 2 is 1.89 bits per heavy atom. The zero-order chi connectivity index (χ0) is 37.6. The lowest BCUT2D eigenvalue weighted by Crippen LogP contribution is -2.70. The van der Waals surface area contributed by atoms with Gasteiger partial charge < -0.3 is 25.0 Å². The van der Waals surface area contributed by atoms with E-state index in [4.69, 9.17) is 9.47 Å². The molecular formula is C39H51N5O8S. The predicted octanol–water partition coefficient (Wildman–Crippen LogP) is 4.43. The van der Waals surface area contributed by atoms with Crippen molar-refractivity contribution in [2.45, 2.75) is 126 Å². The summed E-state index contributed by atoms with van der Waals surface area (Å²) < 4.78 is 40.0. The number of sulfonamides is 1. The molecule has 286 valence electrons. The molecule has 2 aliphatic carbocycles. The molecule has 2 aromatic rings. The first-order valence-corrected chi connectivity index (χ1v) is 20.6. The van der Waals surface area contributed by atoms with E-state index in [1.165, 1.54) is 4.90 Å². The van der Waals surface area contributed by atoms with E-state index in [1.54, 1.807) is 13.1 Å². The quantitative estimate of drug-likeness (QED) is 0.361. The number of nitrogens with one attached hydrogen (secondary N) is 3. The van der Waals surface area contributed by atoms with Crippen LogP contribution in [-0.2, 0) is 35.6 Å². The van der Waals surface area contributed by atoms with Crippen molar-refractivity contribution in [2.75, 3.05) is 13.2 Å². The number of alkyl carbamates (subject to hydrolysis) is 1. The van der Waals surface area contributed by atoms with Gasteiger partial charge >= 0.3 is 6.09 Å². The highest BCUT2D eigenvalue weighted by atomic mass is 32.2. The lowest BCUT2D eigenvalue weighted by molar-refractivity contribution is -0.144. The Bertz CT molecular complexity index is 1930. The lowest BCUT2D eigenvalue weighted by Gasteiger charge is -2.48. The predicted molar refractivity (Wildman–Crippen MR) is 197 cm³/mol. The number of amides is 4. The summed E-state index contributed by atoms with van der Waals surface area (Å²) in [6.07, 6.45) is 11.2. The van der Waals surface area contributed by atoms with Crippen molar-refractivity contribution in [3.05, 3.63) is 48.2 Å². The molecule has 2 saturated carbocycles. The molecule has 3 fully saturated rings. The number of aryl methyl sites for hydroxylation is 1. The fourth-order valence-electron chi connectivity index (χ4n) is 8.20. The average molecular weight is 750 g/mol. The second-order valence-electron chi connectivity index (χ2n) is 16.3. The minimum Gasteiger partial charge on any atom is -0.483 e. The lowest BCUT2D eigenvalue weighted by atomic mass is 9.65. The van der Waals surface area contributed by atoms with Gasteiger partial charge in [-0.15, -0.1) is 0 Å². The highest BCUT2D eigenvalue weighted by Crippen LogP contribution is 2.46. The van der Waals surface area contributed by atoms with Gasteiger partial charge in [-0.1, -0.05) is 57.0 Å². The molecule has 0 radical (unpaired) electrons. The first-order chi connectivity index (χ1) is 25.2. The van der Waals surface area contributed by atoms with Crippen LogP contribution >= 0.6 is 0 Å². The maximum atomic E-state index is 14.7. The van der Waals surface area contributed by atoms with Crippen LogP contribution < -0.4 is 20.1 Å². The van der Waals surface area contributed by atoms with E-state index in [0.29, 0.717) is 57.1 Å². The van der Waals surface area contributed by atoms with Gasteiger partial charge in [0.25, 0.3) is 5.91 Å². The molecule has 5 aliphatic rings. The largest absolute Gasteiger partial charge is 0.483 e. The van der Waals surface area contributed by atoms with Crippen LogP contribution in [-0.4, -0.2) is 83.2 Å². The third-order valence-electron chi connectivity index (χ3n) is 11.9. The Morgan fingerprint density at radius 3 is 2.62 bits per heavy atom. The number of carbonyl (C=O) groups is 4. The fraction of sp³-hybridized carbons (Fsp3) is 0.615. The number of para-hydroxylation sites is 1. The van der Waals surface area contributed by atoms with Crippen LogP contribution in [0.15, 0.2) is 42.6 Å². The third kappa shape index (κ3) is 7.23. The normalized spacial score (nSPS) is 29.7. The van der Waals surface area contributed by atoms with E-state index in [2.05, 4.69) is 20.3 Å². The molecule has 1 aromatic heterocycles. The van der Waals surface area contributed by atoms with Gasteiger partial charge in [0.1, 0.15) is 29.0 Å². The van der Waals surface area contributed by atoms with Crippen molar-refractivity contribution in [2.24, 2.45) is 11.8 Å². The van der Waals surface area contributed by atoms with Gasteiger partial charge in [-0.25, -0.2) is 13.2 Å². The second-order valence-corrected chi connectivity index (χ2v) is 18.5. The van der Waals surface area contributed by atoms with E-state index in [1.807, 2.05) is 50.3 Å². The van der Waals surface area contributed by atoms with E-state index >= 15 is 0 Å². The van der Waals surface area contributed by atoms with Crippen molar-refractivity contribution < 1.29 is 37.1 Å². The van der Waals surface area contributed by atoms with E-state index in [-0.39, 0.29) is 31.9 Å². The molecule has 14 heteroatoms. The molecule has 4 amide bonds. The Labute approximate surface area is 311 Å². The topological polar surface area (TPSA) is 173 Å². The summed E-state index contributed by atoms with van der Waals surface area (Å²) in [6.45, 7) is 5.72. The van der Waals surface area contributed by atoms with Crippen LogP contribution in [0, 0.1) is 11.8 Å². The maximum absolute atomic E-state index is 14.7. The van der Waals surface area contributed by atoms with E-state index in [0.717, 1.165) is 29.3 Å². The van der Waals surface area contributed by atoms with Gasteiger partial charge in [0.05, 0.1) is 29.6 Å². The van der Waals surface area contributed by atoms with Gasteiger partial charge in [-0.3, -0.25) is 24.1 Å². The first kappa shape index (κ1) is 37.1. The molecule has 13 nitrogen and oxygen atoms in total. The molecule has 1 aromatic carbocycles. The third-order valence-corrected chi connectivity index (χ3v) is 14.1. The van der Waals surface area contributed by atoms with E-state index < -0.39 is 67.7 Å². The zero-order valence-corrected chi connectivity index (χ0v) is 31.6. The minimum absolute atomic E-state index is 0.0741. The number of pyridine rings is 1. The SMILES string of the molecule is CC(C)COC(=O)NC1CCCCCC=CC2CCC2(C(=O)NS(=O)(=O)C2(C)CC2)NC(=O)C2CC3(CCc4c(cnc5ccccc45)O3)CN2C1=O. The molecule has 4 heterocycles. The molecule has 5 atom stereocenters. The number of rotatable bonds is 6. The molecule has 7 rings (SSSR count). The number of benzene rings is 1. The summed E-state index contributed by atoms with van der Waals surface area (Å²) in [5.41, 5.74) is -0.596. The maximum Gasteiger partial charge on any atom is 0.407 e. The summed E-state index contributed by atoms with van der Waals surface area (Å²) >= 11 is 0. The fourth-order valence-corrected chi connectivity index (χ4v) is 9.51. The van der Waals surface area contributed by atoms with Crippen LogP contribution in [0.1, 0.15) is 97.0 Å². The molecule has 5 unspecified atom stereocenters. The van der Waals surface area contributed by atoms with Gasteiger partial charge in [-0.05, 0) is 76.7 Å². The van der Waals surface area contributed by atoms with Crippen LogP contribution in [0.4, 0.5) is 4.79 Å². The number of hydrogen-bond donors (Lipinski definition) is 3. The van der Waals surface area contributed by atoms with Crippen molar-refractivity contribution in [3.63, 3.8) is 0 Å².